The fraction of sp³-hybridized carbons (Fsp3) is 0.455. The minimum Gasteiger partial charge on any atom is -0.480 e. The summed E-state index contributed by atoms with van der Waals surface area (Å²) in [6.45, 7) is 4.25. The van der Waals surface area contributed by atoms with Crippen LogP contribution in [0.2, 0.25) is 0 Å². The maximum atomic E-state index is 5.77. The predicted molar refractivity (Wildman–Crippen MR) is 64.5 cm³/mol. The Morgan fingerprint density at radius 1 is 1.38 bits per heavy atom. The molecule has 0 aromatic heterocycles. The molecule has 13 heavy (non-hydrogen) atoms. The van der Waals surface area contributed by atoms with E-state index < -0.39 is 0 Å². The highest BCUT2D eigenvalue weighted by Crippen LogP contribution is 2.21. The van der Waals surface area contributed by atoms with Gasteiger partial charge in [-0.2, -0.15) is 0 Å². The van der Waals surface area contributed by atoms with E-state index in [1.54, 1.807) is 0 Å². The smallest absolute Gasteiger partial charge is 0.149 e. The zero-order chi connectivity index (χ0) is 9.68. The van der Waals surface area contributed by atoms with Crippen LogP contribution >= 0.6 is 22.6 Å². The molecule has 0 aliphatic carbocycles. The molecule has 2 heteroatoms. The van der Waals surface area contributed by atoms with Gasteiger partial charge < -0.3 is 4.74 Å². The van der Waals surface area contributed by atoms with Crippen LogP contribution in [-0.2, 0) is 0 Å². The molecular weight excluding hydrogens is 275 g/mol. The molecule has 0 N–H and O–H groups in total. The monoisotopic (exact) mass is 290 g/mol. The standard InChI is InChI=1S/C11H15IO/c1-3-6-11(12)13-10-8-5-4-7-9(10)2/h4-5,7-8,11H,3,6H2,1-2H3. The van der Waals surface area contributed by atoms with Crippen LogP contribution in [-0.4, -0.2) is 4.11 Å². The number of hydrogen-bond donors (Lipinski definition) is 0. The lowest BCUT2D eigenvalue weighted by molar-refractivity contribution is 0.289. The van der Waals surface area contributed by atoms with E-state index in [-0.39, 0.29) is 0 Å². The van der Waals surface area contributed by atoms with Crippen molar-refractivity contribution in [1.29, 1.82) is 0 Å². The lowest BCUT2D eigenvalue weighted by Crippen LogP contribution is -2.07. The minimum absolute atomic E-state index is 0.295. The molecule has 0 saturated carbocycles. The van der Waals surface area contributed by atoms with Crippen molar-refractivity contribution in [3.8, 4) is 5.75 Å². The van der Waals surface area contributed by atoms with Crippen LogP contribution in [0.25, 0.3) is 0 Å². The molecule has 0 amide bonds. The molecule has 0 bridgehead atoms. The van der Waals surface area contributed by atoms with Crippen molar-refractivity contribution in [2.75, 3.05) is 0 Å². The third-order valence-electron chi connectivity index (χ3n) is 1.86. The first-order valence-electron chi connectivity index (χ1n) is 4.60. The van der Waals surface area contributed by atoms with Crippen LogP contribution < -0.4 is 4.74 Å². The number of ether oxygens (including phenoxy) is 1. The maximum Gasteiger partial charge on any atom is 0.149 e. The predicted octanol–water partition coefficient (Wildman–Crippen LogP) is 3.94. The highest BCUT2D eigenvalue weighted by molar-refractivity contribution is 14.1. The molecule has 1 rings (SSSR count). The van der Waals surface area contributed by atoms with Gasteiger partial charge in [0, 0.05) is 0 Å². The lowest BCUT2D eigenvalue weighted by Gasteiger charge is -2.13. The first kappa shape index (κ1) is 10.8. The van der Waals surface area contributed by atoms with Gasteiger partial charge in [-0.3, -0.25) is 0 Å². The van der Waals surface area contributed by atoms with Crippen molar-refractivity contribution in [1.82, 2.24) is 0 Å². The lowest BCUT2D eigenvalue weighted by atomic mass is 10.2. The van der Waals surface area contributed by atoms with Crippen LogP contribution in [0.5, 0.6) is 5.75 Å². The molecule has 72 valence electrons. The maximum absolute atomic E-state index is 5.77. The number of aryl methyl sites for hydroxylation is 1. The third-order valence-corrected chi connectivity index (χ3v) is 2.74. The molecule has 0 spiro atoms. The molecule has 0 heterocycles. The van der Waals surface area contributed by atoms with Crippen molar-refractivity contribution >= 4 is 22.6 Å². The molecule has 1 nitrogen and oxygen atoms in total. The second kappa shape index (κ2) is 5.47. The Morgan fingerprint density at radius 2 is 2.08 bits per heavy atom. The Hall–Kier alpha value is -0.250. The third kappa shape index (κ3) is 3.55. The van der Waals surface area contributed by atoms with Crippen LogP contribution in [0, 0.1) is 6.92 Å². The van der Waals surface area contributed by atoms with Gasteiger partial charge in [0.05, 0.1) is 0 Å². The van der Waals surface area contributed by atoms with E-state index in [0.29, 0.717) is 4.11 Å². The van der Waals surface area contributed by atoms with E-state index in [2.05, 4.69) is 42.5 Å². The number of rotatable bonds is 4. The number of alkyl halides is 1. The first-order valence-corrected chi connectivity index (χ1v) is 5.85. The summed E-state index contributed by atoms with van der Waals surface area (Å²) >= 11 is 2.34. The average molecular weight is 290 g/mol. The number of halogens is 1. The van der Waals surface area contributed by atoms with E-state index in [0.717, 1.165) is 12.2 Å². The van der Waals surface area contributed by atoms with E-state index in [4.69, 9.17) is 4.74 Å². The van der Waals surface area contributed by atoms with Gasteiger partial charge in [0.2, 0.25) is 0 Å². The minimum atomic E-state index is 0.295. The Balaban J connectivity index is 2.58. The molecule has 1 unspecified atom stereocenters. The molecule has 1 aromatic rings. The molecule has 0 fully saturated rings. The topological polar surface area (TPSA) is 9.23 Å². The zero-order valence-corrected chi connectivity index (χ0v) is 10.2. The molecular formula is C11H15IO. The molecule has 1 aromatic carbocycles. The Bertz CT molecular complexity index is 260. The highest BCUT2D eigenvalue weighted by Gasteiger charge is 2.05. The summed E-state index contributed by atoms with van der Waals surface area (Å²) in [5, 5.41) is 0. The normalized spacial score (nSPS) is 12.5. The number of para-hydroxylation sites is 1. The molecule has 0 aliphatic rings. The van der Waals surface area contributed by atoms with Crippen molar-refractivity contribution in [2.45, 2.75) is 30.8 Å². The van der Waals surface area contributed by atoms with Gasteiger partial charge in [0.25, 0.3) is 0 Å². The summed E-state index contributed by atoms with van der Waals surface area (Å²) in [4.78, 5) is 0. The van der Waals surface area contributed by atoms with Crippen molar-refractivity contribution in [2.24, 2.45) is 0 Å². The summed E-state index contributed by atoms with van der Waals surface area (Å²) in [5.41, 5.74) is 1.21. The van der Waals surface area contributed by atoms with E-state index in [9.17, 15) is 0 Å². The highest BCUT2D eigenvalue weighted by atomic mass is 127. The Kier molecular flexibility index (Phi) is 4.56. The summed E-state index contributed by atoms with van der Waals surface area (Å²) < 4.78 is 6.07. The van der Waals surface area contributed by atoms with Crippen LogP contribution in [0.1, 0.15) is 25.3 Å². The summed E-state index contributed by atoms with van der Waals surface area (Å²) in [6, 6.07) is 8.14. The van der Waals surface area contributed by atoms with Crippen LogP contribution in [0.15, 0.2) is 24.3 Å². The first-order chi connectivity index (χ1) is 6.24. The van der Waals surface area contributed by atoms with Crippen LogP contribution in [0.4, 0.5) is 0 Å². The summed E-state index contributed by atoms with van der Waals surface area (Å²) in [7, 11) is 0. The van der Waals surface area contributed by atoms with Gasteiger partial charge >= 0.3 is 0 Å². The Morgan fingerprint density at radius 3 is 2.69 bits per heavy atom. The van der Waals surface area contributed by atoms with Gasteiger partial charge in [0.15, 0.2) is 0 Å². The Labute approximate surface area is 93.6 Å². The summed E-state index contributed by atoms with van der Waals surface area (Å²) in [6.07, 6.45) is 2.27. The second-order valence-electron chi connectivity index (χ2n) is 3.08. The van der Waals surface area contributed by atoms with E-state index in [1.165, 1.54) is 12.0 Å². The molecule has 0 saturated heterocycles. The SMILES string of the molecule is CCCC(I)Oc1ccccc1C. The van der Waals surface area contributed by atoms with Crippen molar-refractivity contribution in [3.05, 3.63) is 29.8 Å². The zero-order valence-electron chi connectivity index (χ0n) is 8.09. The van der Waals surface area contributed by atoms with Crippen molar-refractivity contribution < 1.29 is 4.74 Å². The van der Waals surface area contributed by atoms with Gasteiger partial charge in [-0.15, -0.1) is 0 Å². The van der Waals surface area contributed by atoms with Gasteiger partial charge in [-0.1, -0.05) is 31.5 Å². The molecule has 1 atom stereocenters. The fourth-order valence-electron chi connectivity index (χ4n) is 1.11. The van der Waals surface area contributed by atoms with Crippen LogP contribution in [0.3, 0.4) is 0 Å². The average Bonchev–Trinajstić information content (AvgIpc) is 2.09. The van der Waals surface area contributed by atoms with E-state index in [1.807, 2.05) is 18.2 Å². The van der Waals surface area contributed by atoms with Gasteiger partial charge in [-0.25, -0.2) is 0 Å². The van der Waals surface area contributed by atoms with Crippen molar-refractivity contribution in [3.63, 3.8) is 0 Å². The molecule has 0 radical (unpaired) electrons. The fourth-order valence-corrected chi connectivity index (χ4v) is 2.01. The number of benzene rings is 1. The second-order valence-corrected chi connectivity index (χ2v) is 4.47. The largest absolute Gasteiger partial charge is 0.480 e. The van der Waals surface area contributed by atoms with Gasteiger partial charge in [0.1, 0.15) is 9.86 Å². The number of hydrogen-bond acceptors (Lipinski definition) is 1. The summed E-state index contributed by atoms with van der Waals surface area (Å²) in [5.74, 6) is 1.01. The molecule has 0 aliphatic heterocycles. The quantitative estimate of drug-likeness (QED) is 0.603. The van der Waals surface area contributed by atoms with E-state index >= 15 is 0 Å². The van der Waals surface area contributed by atoms with Gasteiger partial charge in [-0.05, 0) is 47.6 Å².